The monoisotopic (exact) mass is 445 g/mol. The molecule has 4 aromatic rings. The molecule has 164 valence electrons. The zero-order chi connectivity index (χ0) is 22.2. The average Bonchev–Trinajstić information content (AvgIpc) is 3.21. The van der Waals surface area contributed by atoms with E-state index in [2.05, 4.69) is 70.7 Å². The Hall–Kier alpha value is -2.98. The van der Waals surface area contributed by atoms with Gasteiger partial charge in [-0.3, -0.25) is 9.20 Å². The summed E-state index contributed by atoms with van der Waals surface area (Å²) in [5, 5.41) is 3.85. The van der Waals surface area contributed by atoms with Crippen LogP contribution in [-0.2, 0) is 13.0 Å². The second-order valence-corrected chi connectivity index (χ2v) is 9.08. The second kappa shape index (κ2) is 8.51. The van der Waals surface area contributed by atoms with Crippen LogP contribution >= 0.6 is 11.6 Å². The van der Waals surface area contributed by atoms with Crippen molar-refractivity contribution in [2.45, 2.75) is 46.1 Å². The molecule has 0 fully saturated rings. The van der Waals surface area contributed by atoms with E-state index in [0.717, 1.165) is 71.0 Å². The van der Waals surface area contributed by atoms with Crippen LogP contribution in [0.1, 0.15) is 47.8 Å². The third kappa shape index (κ3) is 3.53. The van der Waals surface area contributed by atoms with Gasteiger partial charge in [0.15, 0.2) is 0 Å². The Bertz CT molecular complexity index is 1280. The van der Waals surface area contributed by atoms with Crippen LogP contribution in [0, 0.1) is 6.92 Å². The number of rotatable bonds is 5. The van der Waals surface area contributed by atoms with Gasteiger partial charge in [0.05, 0.1) is 5.69 Å². The van der Waals surface area contributed by atoms with Crippen LogP contribution in [0.5, 0.6) is 0 Å². The summed E-state index contributed by atoms with van der Waals surface area (Å²) >= 11 is 6.14. The molecule has 0 atom stereocenters. The lowest BCUT2D eigenvalue weighted by Crippen LogP contribution is -2.25. The normalized spacial score (nSPS) is 13.3. The molecule has 1 N–H and O–H groups in total. The van der Waals surface area contributed by atoms with Gasteiger partial charge in [0.25, 0.3) is 5.91 Å². The van der Waals surface area contributed by atoms with E-state index in [9.17, 15) is 4.79 Å². The molecule has 3 heterocycles. The molecule has 2 aromatic heterocycles. The first-order valence-electron chi connectivity index (χ1n) is 11.5. The molecular formula is C27H28ClN3O. The molecule has 32 heavy (non-hydrogen) atoms. The van der Waals surface area contributed by atoms with Crippen LogP contribution in [0.3, 0.4) is 0 Å². The largest absolute Gasteiger partial charge is 0.351 e. The lowest BCUT2D eigenvalue weighted by atomic mass is 9.97. The van der Waals surface area contributed by atoms with E-state index < -0.39 is 0 Å². The van der Waals surface area contributed by atoms with Crippen molar-refractivity contribution in [3.8, 4) is 22.4 Å². The molecular weight excluding hydrogens is 418 g/mol. The molecule has 1 aliphatic rings. The maximum atomic E-state index is 13.5. The summed E-state index contributed by atoms with van der Waals surface area (Å²) in [6, 6.07) is 16.5. The average molecular weight is 446 g/mol. The SMILES string of the molecule is CCCNC(=O)c1c(-c2ccc(C)cc2)c2c3n(c(-c4ccc(Cl)cc4)cn13)CCCC2. The predicted octanol–water partition coefficient (Wildman–Crippen LogP) is 6.51. The first-order chi connectivity index (χ1) is 15.6. The summed E-state index contributed by atoms with van der Waals surface area (Å²) in [7, 11) is 0. The summed E-state index contributed by atoms with van der Waals surface area (Å²) in [5.74, 6) is -0.0101. The first kappa shape index (κ1) is 20.9. The molecule has 5 heteroatoms. The van der Waals surface area contributed by atoms with E-state index >= 15 is 0 Å². The zero-order valence-corrected chi connectivity index (χ0v) is 19.4. The quantitative estimate of drug-likeness (QED) is 0.373. The standard InChI is InChI=1S/C27H28ClN3O/c1-3-15-29-26(32)25-24(20-9-7-18(2)8-10-20)22-6-4-5-16-30-23(17-31(25)27(22)30)19-11-13-21(28)14-12-19/h7-14,17H,3-6,15-16H2,1-2H3,(H,29,32). The number of hydrogen-bond acceptors (Lipinski definition) is 1. The van der Waals surface area contributed by atoms with Crippen molar-refractivity contribution in [2.24, 2.45) is 0 Å². The lowest BCUT2D eigenvalue weighted by Gasteiger charge is -2.10. The zero-order valence-electron chi connectivity index (χ0n) is 18.6. The third-order valence-electron chi connectivity index (χ3n) is 6.36. The van der Waals surface area contributed by atoms with Crippen LogP contribution < -0.4 is 5.32 Å². The Kier molecular flexibility index (Phi) is 5.56. The molecule has 0 radical (unpaired) electrons. The maximum Gasteiger partial charge on any atom is 0.268 e. The van der Waals surface area contributed by atoms with Gasteiger partial charge < -0.3 is 9.88 Å². The number of nitrogens with one attached hydrogen (secondary N) is 1. The fourth-order valence-corrected chi connectivity index (χ4v) is 4.94. The lowest BCUT2D eigenvalue weighted by molar-refractivity contribution is 0.0948. The molecule has 5 rings (SSSR count). The molecule has 0 unspecified atom stereocenters. The maximum absolute atomic E-state index is 13.5. The van der Waals surface area contributed by atoms with Gasteiger partial charge in [0, 0.05) is 35.4 Å². The minimum atomic E-state index is -0.0101. The molecule has 0 saturated heterocycles. The molecule has 1 aliphatic heterocycles. The first-order valence-corrected chi connectivity index (χ1v) is 11.8. The van der Waals surface area contributed by atoms with Crippen molar-refractivity contribution >= 4 is 23.2 Å². The summed E-state index contributed by atoms with van der Waals surface area (Å²) in [4.78, 5) is 13.5. The number of carbonyl (C=O) groups is 1. The number of carbonyl (C=O) groups excluding carboxylic acids is 1. The van der Waals surface area contributed by atoms with Crippen molar-refractivity contribution < 1.29 is 4.79 Å². The number of halogens is 1. The van der Waals surface area contributed by atoms with Gasteiger partial charge >= 0.3 is 0 Å². The number of imidazole rings is 1. The van der Waals surface area contributed by atoms with Crippen LogP contribution in [0.15, 0.2) is 54.7 Å². The van der Waals surface area contributed by atoms with E-state index in [1.54, 1.807) is 0 Å². The second-order valence-electron chi connectivity index (χ2n) is 8.65. The van der Waals surface area contributed by atoms with E-state index in [1.165, 1.54) is 11.1 Å². The molecule has 0 bridgehead atoms. The Morgan fingerprint density at radius 1 is 1.03 bits per heavy atom. The van der Waals surface area contributed by atoms with E-state index in [-0.39, 0.29) is 5.91 Å². The molecule has 0 spiro atoms. The molecule has 0 aliphatic carbocycles. The van der Waals surface area contributed by atoms with Gasteiger partial charge in [-0.25, -0.2) is 0 Å². The molecule has 4 nitrogen and oxygen atoms in total. The Balaban J connectivity index is 1.80. The number of benzene rings is 2. The highest BCUT2D eigenvalue weighted by atomic mass is 35.5. The molecule has 2 aromatic carbocycles. The highest BCUT2D eigenvalue weighted by molar-refractivity contribution is 6.30. The summed E-state index contributed by atoms with van der Waals surface area (Å²) in [6.45, 7) is 5.78. The summed E-state index contributed by atoms with van der Waals surface area (Å²) in [6.07, 6.45) is 6.23. The van der Waals surface area contributed by atoms with E-state index in [4.69, 9.17) is 11.6 Å². The van der Waals surface area contributed by atoms with Gasteiger partial charge in [0.2, 0.25) is 0 Å². The number of amides is 1. The van der Waals surface area contributed by atoms with Gasteiger partial charge in [0.1, 0.15) is 11.3 Å². The van der Waals surface area contributed by atoms with Crippen molar-refractivity contribution in [3.63, 3.8) is 0 Å². The minimum Gasteiger partial charge on any atom is -0.351 e. The topological polar surface area (TPSA) is 38.4 Å². The fourth-order valence-electron chi connectivity index (χ4n) is 4.81. The van der Waals surface area contributed by atoms with Crippen molar-refractivity contribution in [1.29, 1.82) is 0 Å². The number of nitrogens with zero attached hydrogens (tertiary/aromatic N) is 2. The van der Waals surface area contributed by atoms with Crippen LogP contribution in [0.2, 0.25) is 5.02 Å². The van der Waals surface area contributed by atoms with Gasteiger partial charge in [-0.2, -0.15) is 0 Å². The van der Waals surface area contributed by atoms with Crippen LogP contribution in [-0.4, -0.2) is 21.4 Å². The number of aryl methyl sites for hydroxylation is 3. The van der Waals surface area contributed by atoms with Gasteiger partial charge in [-0.1, -0.05) is 60.5 Å². The minimum absolute atomic E-state index is 0.0101. The van der Waals surface area contributed by atoms with Gasteiger partial charge in [-0.05, 0) is 55.9 Å². The summed E-state index contributed by atoms with van der Waals surface area (Å²) in [5.41, 5.74) is 8.79. The van der Waals surface area contributed by atoms with Gasteiger partial charge in [-0.15, -0.1) is 0 Å². The summed E-state index contributed by atoms with van der Waals surface area (Å²) < 4.78 is 4.52. The fraction of sp³-hybridized carbons (Fsp3) is 0.296. The Labute approximate surface area is 193 Å². The van der Waals surface area contributed by atoms with Crippen molar-refractivity contribution in [1.82, 2.24) is 14.3 Å². The third-order valence-corrected chi connectivity index (χ3v) is 6.62. The van der Waals surface area contributed by atoms with Crippen LogP contribution in [0.25, 0.3) is 28.0 Å². The van der Waals surface area contributed by atoms with Crippen LogP contribution in [0.4, 0.5) is 0 Å². The number of hydrogen-bond donors (Lipinski definition) is 1. The molecule has 0 saturated carbocycles. The molecule has 1 amide bonds. The Morgan fingerprint density at radius 3 is 2.47 bits per heavy atom. The number of aromatic nitrogens is 2. The smallest absolute Gasteiger partial charge is 0.268 e. The highest BCUT2D eigenvalue weighted by Gasteiger charge is 2.29. The van der Waals surface area contributed by atoms with Crippen molar-refractivity contribution in [3.05, 3.63) is 76.6 Å². The van der Waals surface area contributed by atoms with E-state index in [1.807, 2.05) is 12.1 Å². The van der Waals surface area contributed by atoms with E-state index in [0.29, 0.717) is 6.54 Å². The Morgan fingerprint density at radius 2 is 1.75 bits per heavy atom. The predicted molar refractivity (Wildman–Crippen MR) is 132 cm³/mol. The highest BCUT2D eigenvalue weighted by Crippen LogP contribution is 2.39. The van der Waals surface area contributed by atoms with Crippen molar-refractivity contribution in [2.75, 3.05) is 6.54 Å².